The summed E-state index contributed by atoms with van der Waals surface area (Å²) in [7, 11) is 1.93. The van der Waals surface area contributed by atoms with Crippen LogP contribution < -0.4 is 0 Å². The number of carbonyl (C=O) groups excluding carboxylic acids is 1. The smallest absolute Gasteiger partial charge is 0.254 e. The first-order valence-corrected chi connectivity index (χ1v) is 8.33. The van der Waals surface area contributed by atoms with E-state index in [1.807, 2.05) is 11.9 Å². The molecule has 0 atom stereocenters. The average Bonchev–Trinajstić information content (AvgIpc) is 3.29. The molecule has 2 aliphatic heterocycles. The molecule has 22 heavy (non-hydrogen) atoms. The molecule has 1 aromatic rings. The molecule has 1 saturated carbocycles. The number of likely N-dealkylation sites (tertiary alicyclic amines) is 1. The normalized spacial score (nSPS) is 26.6. The second-order valence-electron chi connectivity index (χ2n) is 7.20. The van der Waals surface area contributed by atoms with Crippen LogP contribution in [0.4, 0.5) is 0 Å². The SMILES string of the molecule is CN1CC2(CCN(Cc3ccccc3)CC2)OC2(CC2)C1=O. The number of morpholine rings is 1. The summed E-state index contributed by atoms with van der Waals surface area (Å²) in [5, 5.41) is 0. The summed E-state index contributed by atoms with van der Waals surface area (Å²) >= 11 is 0. The lowest BCUT2D eigenvalue weighted by Gasteiger charge is -2.49. The first-order valence-electron chi connectivity index (χ1n) is 8.33. The van der Waals surface area contributed by atoms with Crippen LogP contribution in [0.2, 0.25) is 0 Å². The number of hydrogen-bond donors (Lipinski definition) is 0. The highest BCUT2D eigenvalue weighted by Gasteiger charge is 2.61. The largest absolute Gasteiger partial charge is 0.357 e. The van der Waals surface area contributed by atoms with Gasteiger partial charge in [-0.2, -0.15) is 0 Å². The molecule has 0 N–H and O–H groups in total. The van der Waals surface area contributed by atoms with Crippen molar-refractivity contribution in [3.8, 4) is 0 Å². The number of piperidine rings is 1. The maximum atomic E-state index is 12.2. The molecule has 0 unspecified atom stereocenters. The van der Waals surface area contributed by atoms with Gasteiger partial charge >= 0.3 is 0 Å². The van der Waals surface area contributed by atoms with Crippen molar-refractivity contribution in [3.05, 3.63) is 35.9 Å². The summed E-state index contributed by atoms with van der Waals surface area (Å²) in [4.78, 5) is 16.6. The van der Waals surface area contributed by atoms with Crippen molar-refractivity contribution in [2.24, 2.45) is 0 Å². The predicted molar refractivity (Wildman–Crippen MR) is 84.4 cm³/mol. The van der Waals surface area contributed by atoms with E-state index in [9.17, 15) is 4.79 Å². The van der Waals surface area contributed by atoms with Gasteiger partial charge < -0.3 is 9.64 Å². The molecule has 2 heterocycles. The van der Waals surface area contributed by atoms with Gasteiger partial charge in [-0.15, -0.1) is 0 Å². The summed E-state index contributed by atoms with van der Waals surface area (Å²) < 4.78 is 6.38. The topological polar surface area (TPSA) is 32.8 Å². The maximum absolute atomic E-state index is 12.2. The highest BCUT2D eigenvalue weighted by atomic mass is 16.5. The van der Waals surface area contributed by atoms with Gasteiger partial charge in [-0.05, 0) is 31.2 Å². The monoisotopic (exact) mass is 300 g/mol. The van der Waals surface area contributed by atoms with Crippen LogP contribution in [-0.4, -0.2) is 53.6 Å². The Morgan fingerprint density at radius 1 is 1.09 bits per heavy atom. The van der Waals surface area contributed by atoms with Crippen molar-refractivity contribution in [1.82, 2.24) is 9.80 Å². The van der Waals surface area contributed by atoms with Gasteiger partial charge in [-0.25, -0.2) is 0 Å². The summed E-state index contributed by atoms with van der Waals surface area (Å²) in [6.45, 7) is 3.86. The van der Waals surface area contributed by atoms with E-state index in [0.29, 0.717) is 0 Å². The van der Waals surface area contributed by atoms with Crippen molar-refractivity contribution in [2.45, 2.75) is 43.4 Å². The Balaban J connectivity index is 1.40. The third-order valence-electron chi connectivity index (χ3n) is 5.39. The van der Waals surface area contributed by atoms with Crippen molar-refractivity contribution >= 4 is 5.91 Å². The minimum Gasteiger partial charge on any atom is -0.357 e. The fourth-order valence-corrected chi connectivity index (χ4v) is 3.99. The van der Waals surface area contributed by atoms with E-state index in [1.165, 1.54) is 5.56 Å². The first-order chi connectivity index (χ1) is 10.6. The molecule has 2 saturated heterocycles. The Labute approximate surface area is 132 Å². The van der Waals surface area contributed by atoms with Crippen LogP contribution in [0.5, 0.6) is 0 Å². The van der Waals surface area contributed by atoms with Crippen molar-refractivity contribution < 1.29 is 9.53 Å². The number of benzene rings is 1. The van der Waals surface area contributed by atoms with Gasteiger partial charge in [0, 0.05) is 33.2 Å². The van der Waals surface area contributed by atoms with E-state index in [4.69, 9.17) is 4.74 Å². The van der Waals surface area contributed by atoms with Crippen LogP contribution in [0.15, 0.2) is 30.3 Å². The molecule has 1 aliphatic carbocycles. The minimum absolute atomic E-state index is 0.105. The highest BCUT2D eigenvalue weighted by Crippen LogP contribution is 2.49. The Bertz CT molecular complexity index is 560. The van der Waals surface area contributed by atoms with Gasteiger partial charge in [-0.1, -0.05) is 30.3 Å². The van der Waals surface area contributed by atoms with Crippen LogP contribution in [0, 0.1) is 0 Å². The molecular weight excluding hydrogens is 276 g/mol. The predicted octanol–water partition coefficient (Wildman–Crippen LogP) is 2.04. The molecule has 3 aliphatic rings. The van der Waals surface area contributed by atoms with Crippen molar-refractivity contribution in [3.63, 3.8) is 0 Å². The Morgan fingerprint density at radius 3 is 2.41 bits per heavy atom. The van der Waals surface area contributed by atoms with E-state index in [2.05, 4.69) is 35.2 Å². The molecule has 0 bridgehead atoms. The van der Waals surface area contributed by atoms with Gasteiger partial charge in [0.1, 0.15) is 5.60 Å². The number of carbonyl (C=O) groups is 1. The van der Waals surface area contributed by atoms with E-state index >= 15 is 0 Å². The molecule has 4 rings (SSSR count). The number of amides is 1. The zero-order chi connectivity index (χ0) is 15.2. The van der Waals surface area contributed by atoms with Gasteiger partial charge in [0.15, 0.2) is 0 Å². The lowest BCUT2D eigenvalue weighted by Crippen LogP contribution is -2.61. The molecule has 2 spiro atoms. The van der Waals surface area contributed by atoms with Crippen molar-refractivity contribution in [2.75, 3.05) is 26.7 Å². The Kier molecular flexibility index (Phi) is 3.27. The highest BCUT2D eigenvalue weighted by molar-refractivity contribution is 5.88. The van der Waals surface area contributed by atoms with Crippen LogP contribution in [0.1, 0.15) is 31.2 Å². The molecule has 4 nitrogen and oxygen atoms in total. The van der Waals surface area contributed by atoms with E-state index in [-0.39, 0.29) is 11.5 Å². The summed E-state index contributed by atoms with van der Waals surface area (Å²) in [6, 6.07) is 10.6. The maximum Gasteiger partial charge on any atom is 0.254 e. The summed E-state index contributed by atoms with van der Waals surface area (Å²) in [6.07, 6.45) is 3.87. The van der Waals surface area contributed by atoms with Gasteiger partial charge in [0.2, 0.25) is 0 Å². The molecule has 118 valence electrons. The third-order valence-corrected chi connectivity index (χ3v) is 5.39. The van der Waals surface area contributed by atoms with Crippen LogP contribution in [0.25, 0.3) is 0 Å². The van der Waals surface area contributed by atoms with E-state index in [1.54, 1.807) is 0 Å². The summed E-state index contributed by atoms with van der Waals surface area (Å²) in [5.74, 6) is 0.199. The molecular formula is C18H24N2O2. The molecule has 3 fully saturated rings. The Morgan fingerprint density at radius 2 is 1.77 bits per heavy atom. The van der Waals surface area contributed by atoms with Crippen LogP contribution in [-0.2, 0) is 16.1 Å². The lowest BCUT2D eigenvalue weighted by atomic mass is 9.88. The number of ether oxygens (including phenoxy) is 1. The van der Waals surface area contributed by atoms with Crippen molar-refractivity contribution in [1.29, 1.82) is 0 Å². The van der Waals surface area contributed by atoms with E-state index < -0.39 is 5.60 Å². The zero-order valence-corrected chi connectivity index (χ0v) is 13.3. The van der Waals surface area contributed by atoms with Gasteiger partial charge in [-0.3, -0.25) is 9.69 Å². The number of likely N-dealkylation sites (N-methyl/N-ethyl adjacent to an activating group) is 1. The average molecular weight is 300 g/mol. The quantitative estimate of drug-likeness (QED) is 0.838. The number of nitrogens with zero attached hydrogens (tertiary/aromatic N) is 2. The first kappa shape index (κ1) is 14.2. The Hall–Kier alpha value is -1.39. The molecule has 4 heteroatoms. The lowest BCUT2D eigenvalue weighted by molar-refractivity contribution is -0.198. The van der Waals surface area contributed by atoms with Crippen LogP contribution in [0.3, 0.4) is 0 Å². The van der Waals surface area contributed by atoms with E-state index in [0.717, 1.165) is 51.9 Å². The minimum atomic E-state index is -0.450. The third kappa shape index (κ3) is 2.44. The number of rotatable bonds is 2. The number of hydrogen-bond acceptors (Lipinski definition) is 3. The van der Waals surface area contributed by atoms with Gasteiger partial charge in [0.25, 0.3) is 5.91 Å². The fourth-order valence-electron chi connectivity index (χ4n) is 3.99. The zero-order valence-electron chi connectivity index (χ0n) is 13.3. The second-order valence-corrected chi connectivity index (χ2v) is 7.20. The summed E-state index contributed by atoms with van der Waals surface area (Å²) in [5.41, 5.74) is 0.815. The molecule has 1 aromatic carbocycles. The molecule has 0 aromatic heterocycles. The van der Waals surface area contributed by atoms with Gasteiger partial charge in [0.05, 0.1) is 5.60 Å². The molecule has 0 radical (unpaired) electrons. The van der Waals surface area contributed by atoms with Crippen LogP contribution >= 0.6 is 0 Å². The standard InChI is InChI=1S/C18H24N2O2/c1-19-14-17(22-18(7-8-18)16(19)21)9-11-20(12-10-17)13-15-5-3-2-4-6-15/h2-6H,7-14H2,1H3. The molecule has 1 amide bonds. The second kappa shape index (κ2) is 5.07. The fraction of sp³-hybridized carbons (Fsp3) is 0.611.